The Morgan fingerprint density at radius 1 is 1.06 bits per heavy atom. The molecule has 0 unspecified atom stereocenters. The molecule has 0 bridgehead atoms. The number of allylic oxidation sites excluding steroid dienone is 1. The third kappa shape index (κ3) is 5.99. The molecule has 0 aliphatic carbocycles. The first-order valence-electron chi connectivity index (χ1n) is 10.9. The van der Waals surface area contributed by atoms with E-state index < -0.39 is 10.0 Å². The molecule has 0 radical (unpaired) electrons. The van der Waals surface area contributed by atoms with Gasteiger partial charge in [0.2, 0.25) is 10.0 Å². The van der Waals surface area contributed by atoms with Gasteiger partial charge < -0.3 is 9.47 Å². The summed E-state index contributed by atoms with van der Waals surface area (Å²) in [6.45, 7) is 6.01. The number of carbonyl (C=O) groups excluding carboxylic acids is 1. The van der Waals surface area contributed by atoms with E-state index >= 15 is 0 Å². The van der Waals surface area contributed by atoms with Crippen LogP contribution >= 0.6 is 0 Å². The van der Waals surface area contributed by atoms with Gasteiger partial charge >= 0.3 is 0 Å². The molecule has 0 amide bonds. The molecule has 0 N–H and O–H groups in total. The molecule has 2 aromatic carbocycles. The first kappa shape index (κ1) is 24.0. The standard InChI is InChI=1S/C25H31NO5S/c1-19(2)14-17-31-24-13-7-20(18-25(24)30-3)6-12-23(27)21-8-10-22(11-9-21)32(28,29)26-15-4-5-16-26/h6-13,18-19H,4-5,14-17H2,1-3H3. The minimum absolute atomic E-state index is 0.202. The van der Waals surface area contributed by atoms with Crippen molar-refractivity contribution in [2.75, 3.05) is 26.8 Å². The van der Waals surface area contributed by atoms with Crippen molar-refractivity contribution in [2.24, 2.45) is 5.92 Å². The quantitative estimate of drug-likeness (QED) is 0.378. The van der Waals surface area contributed by atoms with Crippen molar-refractivity contribution in [3.63, 3.8) is 0 Å². The monoisotopic (exact) mass is 457 g/mol. The van der Waals surface area contributed by atoms with Crippen LogP contribution in [0.2, 0.25) is 0 Å². The second kappa shape index (κ2) is 10.8. The fourth-order valence-electron chi connectivity index (χ4n) is 3.45. The Kier molecular flexibility index (Phi) is 8.10. The van der Waals surface area contributed by atoms with Gasteiger partial charge in [-0.05, 0) is 73.2 Å². The Hall–Kier alpha value is -2.64. The summed E-state index contributed by atoms with van der Waals surface area (Å²) in [4.78, 5) is 12.8. The summed E-state index contributed by atoms with van der Waals surface area (Å²) >= 11 is 0. The molecule has 172 valence electrons. The number of hydrogen-bond acceptors (Lipinski definition) is 5. The van der Waals surface area contributed by atoms with Gasteiger partial charge in [0, 0.05) is 18.7 Å². The lowest BCUT2D eigenvalue weighted by Crippen LogP contribution is -2.27. The van der Waals surface area contributed by atoms with Crippen LogP contribution in [0, 0.1) is 5.92 Å². The molecule has 3 rings (SSSR count). The van der Waals surface area contributed by atoms with Crippen LogP contribution in [0.4, 0.5) is 0 Å². The average molecular weight is 458 g/mol. The van der Waals surface area contributed by atoms with Crippen molar-refractivity contribution < 1.29 is 22.7 Å². The third-order valence-electron chi connectivity index (χ3n) is 5.41. The predicted octanol–water partition coefficient (Wildman–Crippen LogP) is 4.80. The Bertz CT molecular complexity index is 1050. The molecule has 32 heavy (non-hydrogen) atoms. The second-order valence-corrected chi connectivity index (χ2v) is 10.2. The van der Waals surface area contributed by atoms with E-state index in [1.54, 1.807) is 25.3 Å². The summed E-state index contributed by atoms with van der Waals surface area (Å²) in [5.41, 5.74) is 1.24. The minimum atomic E-state index is -3.48. The Morgan fingerprint density at radius 3 is 2.38 bits per heavy atom. The van der Waals surface area contributed by atoms with E-state index in [9.17, 15) is 13.2 Å². The zero-order valence-electron chi connectivity index (χ0n) is 18.9. The highest BCUT2D eigenvalue weighted by molar-refractivity contribution is 7.89. The van der Waals surface area contributed by atoms with Gasteiger partial charge in [-0.1, -0.05) is 26.0 Å². The van der Waals surface area contributed by atoms with Crippen LogP contribution in [0.25, 0.3) is 6.08 Å². The maximum atomic E-state index is 12.6. The number of ketones is 1. The summed E-state index contributed by atoms with van der Waals surface area (Å²) in [6.07, 6.45) is 5.90. The fraction of sp³-hybridized carbons (Fsp3) is 0.400. The molecule has 1 aliphatic rings. The number of methoxy groups -OCH3 is 1. The molecule has 0 aromatic heterocycles. The van der Waals surface area contributed by atoms with E-state index in [2.05, 4.69) is 13.8 Å². The van der Waals surface area contributed by atoms with E-state index in [4.69, 9.17) is 9.47 Å². The number of carbonyl (C=O) groups is 1. The maximum absolute atomic E-state index is 12.6. The van der Waals surface area contributed by atoms with Crippen molar-refractivity contribution in [3.8, 4) is 11.5 Å². The highest BCUT2D eigenvalue weighted by atomic mass is 32.2. The van der Waals surface area contributed by atoms with Gasteiger partial charge in [-0.15, -0.1) is 0 Å². The van der Waals surface area contributed by atoms with Gasteiger partial charge in [0.15, 0.2) is 17.3 Å². The van der Waals surface area contributed by atoms with Gasteiger partial charge in [-0.2, -0.15) is 4.31 Å². The molecule has 2 aromatic rings. The van der Waals surface area contributed by atoms with Gasteiger partial charge in [0.05, 0.1) is 18.6 Å². The Morgan fingerprint density at radius 2 is 1.75 bits per heavy atom. The topological polar surface area (TPSA) is 72.9 Å². The van der Waals surface area contributed by atoms with Crippen molar-refractivity contribution in [1.82, 2.24) is 4.31 Å². The number of benzene rings is 2. The minimum Gasteiger partial charge on any atom is -0.493 e. The van der Waals surface area contributed by atoms with E-state index in [1.165, 1.54) is 22.5 Å². The van der Waals surface area contributed by atoms with E-state index in [0.717, 1.165) is 24.8 Å². The Balaban J connectivity index is 1.66. The maximum Gasteiger partial charge on any atom is 0.243 e. The molecule has 7 heteroatoms. The lowest BCUT2D eigenvalue weighted by Gasteiger charge is -2.15. The smallest absolute Gasteiger partial charge is 0.243 e. The van der Waals surface area contributed by atoms with Gasteiger partial charge in [0.25, 0.3) is 0 Å². The molecule has 0 atom stereocenters. The summed E-state index contributed by atoms with van der Waals surface area (Å²) in [5, 5.41) is 0. The Labute approximate surface area is 190 Å². The van der Waals surface area contributed by atoms with Crippen LogP contribution in [-0.4, -0.2) is 45.3 Å². The lowest BCUT2D eigenvalue weighted by atomic mass is 10.1. The molecule has 0 saturated carbocycles. The van der Waals surface area contributed by atoms with Crippen LogP contribution < -0.4 is 9.47 Å². The van der Waals surface area contributed by atoms with E-state index in [0.29, 0.717) is 42.7 Å². The van der Waals surface area contributed by atoms with Crippen LogP contribution in [0.15, 0.2) is 53.4 Å². The van der Waals surface area contributed by atoms with Crippen LogP contribution in [-0.2, 0) is 10.0 Å². The number of sulfonamides is 1. The SMILES string of the molecule is COc1cc(C=CC(=O)c2ccc(S(=O)(=O)N3CCCC3)cc2)ccc1OCCC(C)C. The van der Waals surface area contributed by atoms with Gasteiger partial charge in [0.1, 0.15) is 0 Å². The number of nitrogens with zero attached hydrogens (tertiary/aromatic N) is 1. The van der Waals surface area contributed by atoms with Crippen LogP contribution in [0.5, 0.6) is 11.5 Å². The molecule has 1 saturated heterocycles. The van der Waals surface area contributed by atoms with Gasteiger partial charge in [-0.25, -0.2) is 8.42 Å². The highest BCUT2D eigenvalue weighted by Crippen LogP contribution is 2.29. The summed E-state index contributed by atoms with van der Waals surface area (Å²) in [6, 6.07) is 11.6. The molecular weight excluding hydrogens is 426 g/mol. The molecule has 0 spiro atoms. The average Bonchev–Trinajstić information content (AvgIpc) is 3.34. The summed E-state index contributed by atoms with van der Waals surface area (Å²) < 4.78 is 37.9. The van der Waals surface area contributed by atoms with E-state index in [-0.39, 0.29) is 10.7 Å². The second-order valence-electron chi connectivity index (χ2n) is 8.27. The third-order valence-corrected chi connectivity index (χ3v) is 7.32. The van der Waals surface area contributed by atoms with Gasteiger partial charge in [-0.3, -0.25) is 4.79 Å². The number of rotatable bonds is 10. The molecule has 1 heterocycles. The van der Waals surface area contributed by atoms with Crippen LogP contribution in [0.1, 0.15) is 49.0 Å². The van der Waals surface area contributed by atoms with Crippen molar-refractivity contribution in [3.05, 3.63) is 59.7 Å². The zero-order valence-corrected chi connectivity index (χ0v) is 19.7. The molecular formula is C25H31NO5S. The zero-order chi connectivity index (χ0) is 23.1. The van der Waals surface area contributed by atoms with Crippen molar-refractivity contribution in [2.45, 2.75) is 38.0 Å². The first-order chi connectivity index (χ1) is 15.3. The van der Waals surface area contributed by atoms with Crippen LogP contribution in [0.3, 0.4) is 0 Å². The fourth-order valence-corrected chi connectivity index (χ4v) is 4.97. The predicted molar refractivity (Wildman–Crippen MR) is 126 cm³/mol. The number of hydrogen-bond donors (Lipinski definition) is 0. The molecule has 1 fully saturated rings. The summed E-state index contributed by atoms with van der Waals surface area (Å²) in [7, 11) is -1.90. The highest BCUT2D eigenvalue weighted by Gasteiger charge is 2.27. The molecule has 1 aliphatic heterocycles. The molecule has 6 nitrogen and oxygen atoms in total. The first-order valence-corrected chi connectivity index (χ1v) is 12.4. The normalized spacial score (nSPS) is 14.9. The number of ether oxygens (including phenoxy) is 2. The largest absolute Gasteiger partial charge is 0.493 e. The lowest BCUT2D eigenvalue weighted by molar-refractivity contribution is 0.104. The summed E-state index contributed by atoms with van der Waals surface area (Å²) in [5.74, 6) is 1.64. The van der Waals surface area contributed by atoms with Crippen molar-refractivity contribution in [1.29, 1.82) is 0 Å². The van der Waals surface area contributed by atoms with Crippen molar-refractivity contribution >= 4 is 21.9 Å². The van der Waals surface area contributed by atoms with E-state index in [1.807, 2.05) is 18.2 Å².